The maximum absolute atomic E-state index is 15.8. The van der Waals surface area contributed by atoms with E-state index in [1.807, 2.05) is 98.1 Å². The SMILES string of the molecule is CN1C=CC(c2c3nc(c(C4=CCN(C)C=C4)c4ccc([nH]4)c(-c4c(F)c(F)c(F)c(F)c4F)c4nc(c(C5=CCN(C)C=C5)c5ccc2[nH]5)C=C4)C=C3)=CC1. The number of allylic oxidation sites excluding steroid dienone is 6. The lowest BCUT2D eigenvalue weighted by Crippen LogP contribution is -2.13. The van der Waals surface area contributed by atoms with Crippen molar-refractivity contribution < 1.29 is 22.0 Å². The summed E-state index contributed by atoms with van der Waals surface area (Å²) in [7, 11) is 5.90. The maximum Gasteiger partial charge on any atom is 0.200 e. The first-order chi connectivity index (χ1) is 27.0. The molecule has 7 nitrogen and oxygen atoms in total. The molecule has 5 aliphatic heterocycles. The molecule has 0 spiro atoms. The van der Waals surface area contributed by atoms with Crippen LogP contribution in [0, 0.1) is 29.1 Å². The fourth-order valence-corrected chi connectivity index (χ4v) is 7.50. The van der Waals surface area contributed by atoms with Gasteiger partial charge in [-0.2, -0.15) is 0 Å². The topological polar surface area (TPSA) is 67.1 Å². The molecular weight excluding hydrogens is 722 g/mol. The molecule has 5 aliphatic rings. The third kappa shape index (κ3) is 5.88. The predicted octanol–water partition coefficient (Wildman–Crippen LogP) is 9.55. The van der Waals surface area contributed by atoms with E-state index in [1.165, 1.54) is 6.08 Å². The number of aromatic amines is 2. The van der Waals surface area contributed by atoms with Gasteiger partial charge in [0.05, 0.1) is 28.3 Å². The molecule has 9 rings (SSSR count). The Kier molecular flexibility index (Phi) is 8.48. The van der Waals surface area contributed by atoms with E-state index in [0.29, 0.717) is 58.9 Å². The van der Waals surface area contributed by atoms with Crippen LogP contribution in [0.25, 0.3) is 74.2 Å². The number of likely N-dealkylation sites (N-methyl/N-ethyl adjacent to an activating group) is 3. The van der Waals surface area contributed by atoms with Crippen molar-refractivity contribution in [1.82, 2.24) is 34.6 Å². The van der Waals surface area contributed by atoms with Crippen LogP contribution in [0.3, 0.4) is 0 Å². The Morgan fingerprint density at radius 1 is 0.411 bits per heavy atom. The van der Waals surface area contributed by atoms with Crippen molar-refractivity contribution >= 4 is 63.1 Å². The number of aromatic nitrogens is 4. The largest absolute Gasteiger partial charge is 0.377 e. The quantitative estimate of drug-likeness (QED) is 0.107. The molecule has 0 saturated carbocycles. The second-order valence-electron chi connectivity index (χ2n) is 14.2. The minimum Gasteiger partial charge on any atom is -0.377 e. The van der Waals surface area contributed by atoms with Crippen LogP contribution in [-0.2, 0) is 0 Å². The van der Waals surface area contributed by atoms with E-state index in [9.17, 15) is 13.2 Å². The Morgan fingerprint density at radius 2 is 0.714 bits per heavy atom. The summed E-state index contributed by atoms with van der Waals surface area (Å²) in [5, 5.41) is 0. The first kappa shape index (κ1) is 35.0. The number of H-pyrrole nitrogens is 2. The van der Waals surface area contributed by atoms with Crippen molar-refractivity contribution in [3.05, 3.63) is 148 Å². The zero-order chi connectivity index (χ0) is 38.8. The van der Waals surface area contributed by atoms with Gasteiger partial charge >= 0.3 is 0 Å². The molecule has 8 bridgehead atoms. The lowest BCUT2D eigenvalue weighted by Gasteiger charge is -2.18. The number of nitrogens with zero attached hydrogens (tertiary/aromatic N) is 5. The van der Waals surface area contributed by atoms with E-state index < -0.39 is 34.6 Å². The summed E-state index contributed by atoms with van der Waals surface area (Å²) in [6.45, 7) is 1.91. The van der Waals surface area contributed by atoms with E-state index in [0.717, 1.165) is 27.8 Å². The average molecular weight is 756 g/mol. The minimum absolute atomic E-state index is 0.00744. The number of hydrogen-bond donors (Lipinski definition) is 2. The van der Waals surface area contributed by atoms with Gasteiger partial charge < -0.3 is 24.7 Å². The number of benzene rings is 1. The van der Waals surface area contributed by atoms with Crippen LogP contribution < -0.4 is 0 Å². The molecule has 0 fully saturated rings. The molecule has 0 amide bonds. The second kappa shape index (κ2) is 13.6. The van der Waals surface area contributed by atoms with E-state index in [1.54, 1.807) is 18.2 Å². The molecule has 0 unspecified atom stereocenters. The second-order valence-corrected chi connectivity index (χ2v) is 14.2. The van der Waals surface area contributed by atoms with E-state index >= 15 is 8.78 Å². The minimum atomic E-state index is -2.24. The van der Waals surface area contributed by atoms with Crippen molar-refractivity contribution in [1.29, 1.82) is 0 Å². The van der Waals surface area contributed by atoms with E-state index in [4.69, 9.17) is 9.97 Å². The zero-order valence-corrected chi connectivity index (χ0v) is 30.6. The Labute approximate surface area is 318 Å². The van der Waals surface area contributed by atoms with Gasteiger partial charge in [-0.1, -0.05) is 18.2 Å². The van der Waals surface area contributed by atoms with Crippen LogP contribution in [0.1, 0.15) is 39.5 Å². The Morgan fingerprint density at radius 3 is 1.04 bits per heavy atom. The van der Waals surface area contributed by atoms with Crippen LogP contribution in [0.4, 0.5) is 22.0 Å². The smallest absolute Gasteiger partial charge is 0.200 e. The first-order valence-corrected chi connectivity index (χ1v) is 18.0. The number of hydrogen-bond acceptors (Lipinski definition) is 5. The summed E-state index contributed by atoms with van der Waals surface area (Å²) < 4.78 is 76.0. The van der Waals surface area contributed by atoms with Gasteiger partial charge in [-0.3, -0.25) is 0 Å². The molecule has 0 saturated heterocycles. The molecule has 0 radical (unpaired) electrons. The Hall–Kier alpha value is -6.69. The molecular formula is C44H34F5N7. The number of fused-ring (bicyclic) bond motifs is 8. The first-order valence-electron chi connectivity index (χ1n) is 18.0. The Balaban J connectivity index is 1.46. The molecule has 0 aliphatic carbocycles. The third-order valence-electron chi connectivity index (χ3n) is 10.4. The van der Waals surface area contributed by atoms with Gasteiger partial charge in [-0.15, -0.1) is 0 Å². The van der Waals surface area contributed by atoms with Crippen molar-refractivity contribution in [2.75, 3.05) is 40.8 Å². The van der Waals surface area contributed by atoms with Crippen molar-refractivity contribution in [3.8, 4) is 11.1 Å². The summed E-state index contributed by atoms with van der Waals surface area (Å²) in [5.74, 6) is -10.3. The van der Waals surface area contributed by atoms with Crippen molar-refractivity contribution in [2.45, 2.75) is 0 Å². The standard InChI is InChI=1S/C44H34F5N7/c1-54-18-12-24(13-19-54)35-27-4-6-29(50-27)36(25-14-20-55(2)21-15-25)31-8-10-33(52-31)38(39-40(45)42(47)44(49)43(48)41(39)46)34-11-9-32(53-34)37(30-7-5-28(35)51-30)26-16-22-56(3)23-17-26/h4-18,20,22,50,53H,19,21,23H2,1-3H3. The lowest BCUT2D eigenvalue weighted by molar-refractivity contribution is 0.381. The van der Waals surface area contributed by atoms with E-state index in [2.05, 4.69) is 27.0 Å². The van der Waals surface area contributed by atoms with Gasteiger partial charge in [0.2, 0.25) is 5.82 Å². The third-order valence-corrected chi connectivity index (χ3v) is 10.4. The number of nitrogens with one attached hydrogen (secondary N) is 2. The van der Waals surface area contributed by atoms with Crippen LogP contribution >= 0.6 is 0 Å². The highest BCUT2D eigenvalue weighted by Gasteiger charge is 2.30. The predicted molar refractivity (Wildman–Crippen MR) is 213 cm³/mol. The van der Waals surface area contributed by atoms with Gasteiger partial charge in [-0.05, 0) is 102 Å². The fourth-order valence-electron chi connectivity index (χ4n) is 7.50. The Bertz CT molecular complexity index is 2730. The van der Waals surface area contributed by atoms with Crippen LogP contribution in [-0.4, -0.2) is 75.4 Å². The molecule has 4 aromatic rings. The molecule has 280 valence electrons. The van der Waals surface area contributed by atoms with Crippen LogP contribution in [0.15, 0.2) is 79.3 Å². The van der Waals surface area contributed by atoms with Crippen LogP contribution in [0.5, 0.6) is 0 Å². The zero-order valence-electron chi connectivity index (χ0n) is 30.6. The summed E-state index contributed by atoms with van der Waals surface area (Å²) >= 11 is 0. The highest BCUT2D eigenvalue weighted by molar-refractivity contribution is 5.99. The molecule has 2 N–H and O–H groups in total. The van der Waals surface area contributed by atoms with Crippen molar-refractivity contribution in [3.63, 3.8) is 0 Å². The summed E-state index contributed by atoms with van der Waals surface area (Å²) in [5.41, 5.74) is 7.40. The number of halogens is 5. The van der Waals surface area contributed by atoms with Gasteiger partial charge in [0.15, 0.2) is 23.3 Å². The monoisotopic (exact) mass is 755 g/mol. The normalized spacial score (nSPS) is 16.2. The van der Waals surface area contributed by atoms with Crippen LogP contribution in [0.2, 0.25) is 0 Å². The summed E-state index contributed by atoms with van der Waals surface area (Å²) in [6, 6.07) is 7.22. The molecule has 56 heavy (non-hydrogen) atoms. The molecule has 3 aromatic heterocycles. The summed E-state index contributed by atoms with van der Waals surface area (Å²) in [6.07, 6.45) is 25.2. The van der Waals surface area contributed by atoms with Gasteiger partial charge in [0, 0.05) is 85.1 Å². The lowest BCUT2D eigenvalue weighted by atomic mass is 10.0. The molecule has 8 heterocycles. The molecule has 12 heteroatoms. The maximum atomic E-state index is 15.8. The average Bonchev–Trinajstić information content (AvgIpc) is 4.04. The van der Waals surface area contributed by atoms with Crippen molar-refractivity contribution in [2.24, 2.45) is 0 Å². The number of rotatable bonds is 4. The summed E-state index contributed by atoms with van der Waals surface area (Å²) in [4.78, 5) is 23.1. The highest BCUT2D eigenvalue weighted by atomic mass is 19.2. The highest BCUT2D eigenvalue weighted by Crippen LogP contribution is 2.40. The molecule has 1 aromatic carbocycles. The molecule has 0 atom stereocenters. The fraction of sp³-hybridized carbons (Fsp3) is 0.136. The van der Waals surface area contributed by atoms with Gasteiger partial charge in [-0.25, -0.2) is 31.9 Å². The van der Waals surface area contributed by atoms with Gasteiger partial charge in [0.1, 0.15) is 0 Å². The van der Waals surface area contributed by atoms with E-state index in [-0.39, 0.29) is 16.8 Å². The van der Waals surface area contributed by atoms with Gasteiger partial charge in [0.25, 0.3) is 0 Å².